The summed E-state index contributed by atoms with van der Waals surface area (Å²) in [6, 6.07) is 20.7. The first-order valence-corrected chi connectivity index (χ1v) is 6.52. The van der Waals surface area contributed by atoms with Crippen molar-refractivity contribution in [3.63, 3.8) is 0 Å². The highest BCUT2D eigenvalue weighted by Crippen LogP contribution is 2.37. The van der Waals surface area contributed by atoms with Crippen molar-refractivity contribution in [2.75, 3.05) is 7.05 Å². The quantitative estimate of drug-likeness (QED) is 0.804. The SMILES string of the molecule is CC1OC(c2ccccc2)=C(c2ccccc2)N1C. The maximum Gasteiger partial charge on any atom is 0.169 e. The van der Waals surface area contributed by atoms with Crippen LogP contribution in [0.15, 0.2) is 60.7 Å². The zero-order valence-corrected chi connectivity index (χ0v) is 11.2. The van der Waals surface area contributed by atoms with Gasteiger partial charge in [0.2, 0.25) is 0 Å². The van der Waals surface area contributed by atoms with Gasteiger partial charge in [0.15, 0.2) is 12.0 Å². The van der Waals surface area contributed by atoms with Crippen molar-refractivity contribution < 1.29 is 4.74 Å². The first-order valence-electron chi connectivity index (χ1n) is 6.52. The molecule has 0 aliphatic carbocycles. The van der Waals surface area contributed by atoms with Crippen LogP contribution in [0.4, 0.5) is 0 Å². The summed E-state index contributed by atoms with van der Waals surface area (Å²) in [5.41, 5.74) is 3.46. The van der Waals surface area contributed by atoms with Crippen molar-refractivity contribution in [1.82, 2.24) is 4.90 Å². The van der Waals surface area contributed by atoms with Gasteiger partial charge < -0.3 is 9.64 Å². The fourth-order valence-corrected chi connectivity index (χ4v) is 2.37. The van der Waals surface area contributed by atoms with E-state index in [4.69, 9.17) is 4.74 Å². The highest BCUT2D eigenvalue weighted by molar-refractivity contribution is 5.88. The van der Waals surface area contributed by atoms with Crippen molar-refractivity contribution in [3.05, 3.63) is 71.8 Å². The van der Waals surface area contributed by atoms with Crippen LogP contribution in [0.3, 0.4) is 0 Å². The summed E-state index contributed by atoms with van der Waals surface area (Å²) in [7, 11) is 2.07. The lowest BCUT2D eigenvalue weighted by Crippen LogP contribution is -2.22. The average molecular weight is 251 g/mol. The molecular formula is C17H17NO. The van der Waals surface area contributed by atoms with Crippen molar-refractivity contribution >= 4 is 11.5 Å². The predicted molar refractivity (Wildman–Crippen MR) is 78.0 cm³/mol. The Kier molecular flexibility index (Phi) is 3.00. The van der Waals surface area contributed by atoms with Crippen LogP contribution in [0.5, 0.6) is 0 Å². The topological polar surface area (TPSA) is 12.5 Å². The van der Waals surface area contributed by atoms with Gasteiger partial charge in [-0.25, -0.2) is 0 Å². The van der Waals surface area contributed by atoms with E-state index in [0.717, 1.165) is 17.0 Å². The van der Waals surface area contributed by atoms with E-state index in [9.17, 15) is 0 Å². The molecule has 0 saturated heterocycles. The third kappa shape index (κ3) is 2.10. The van der Waals surface area contributed by atoms with Gasteiger partial charge in [-0.05, 0) is 6.92 Å². The van der Waals surface area contributed by atoms with Gasteiger partial charge in [0, 0.05) is 18.2 Å². The number of ether oxygens (including phenoxy) is 1. The van der Waals surface area contributed by atoms with Crippen molar-refractivity contribution in [2.45, 2.75) is 13.2 Å². The van der Waals surface area contributed by atoms with Gasteiger partial charge in [-0.2, -0.15) is 0 Å². The fraction of sp³-hybridized carbons (Fsp3) is 0.176. The van der Waals surface area contributed by atoms with Gasteiger partial charge in [-0.15, -0.1) is 0 Å². The first-order chi connectivity index (χ1) is 9.27. The molecule has 0 fully saturated rings. The molecule has 96 valence electrons. The maximum absolute atomic E-state index is 6.03. The number of rotatable bonds is 2. The Balaban J connectivity index is 2.14. The van der Waals surface area contributed by atoms with Gasteiger partial charge in [0.05, 0.1) is 5.70 Å². The van der Waals surface area contributed by atoms with E-state index in [-0.39, 0.29) is 6.23 Å². The van der Waals surface area contributed by atoms with E-state index in [1.54, 1.807) is 0 Å². The Morgan fingerprint density at radius 1 is 0.842 bits per heavy atom. The summed E-state index contributed by atoms with van der Waals surface area (Å²) in [5.74, 6) is 0.960. The van der Waals surface area contributed by atoms with Crippen LogP contribution in [-0.4, -0.2) is 18.2 Å². The van der Waals surface area contributed by atoms with Crippen LogP contribution in [0.25, 0.3) is 11.5 Å². The standard InChI is InChI=1S/C17H17NO/c1-13-18(2)16(14-9-5-3-6-10-14)17(19-13)15-11-7-4-8-12-15/h3-13H,1-2H3. The Morgan fingerprint density at radius 3 is 1.95 bits per heavy atom. The van der Waals surface area contributed by atoms with Crippen molar-refractivity contribution in [2.24, 2.45) is 0 Å². The Bertz CT molecular complexity index is 589. The predicted octanol–water partition coefficient (Wildman–Crippen LogP) is 3.82. The van der Waals surface area contributed by atoms with E-state index in [1.807, 2.05) is 24.3 Å². The van der Waals surface area contributed by atoms with Crippen LogP contribution in [0.2, 0.25) is 0 Å². The molecule has 0 radical (unpaired) electrons. The average Bonchev–Trinajstić information content (AvgIpc) is 2.77. The van der Waals surface area contributed by atoms with Crippen LogP contribution >= 0.6 is 0 Å². The molecule has 1 heterocycles. The number of nitrogens with zero attached hydrogens (tertiary/aromatic N) is 1. The second-order valence-corrected chi connectivity index (χ2v) is 4.74. The molecule has 1 aliphatic heterocycles. The van der Waals surface area contributed by atoms with E-state index < -0.39 is 0 Å². The van der Waals surface area contributed by atoms with E-state index in [0.29, 0.717) is 0 Å². The molecule has 2 nitrogen and oxygen atoms in total. The molecule has 0 spiro atoms. The zero-order valence-electron chi connectivity index (χ0n) is 11.2. The highest BCUT2D eigenvalue weighted by atomic mass is 16.5. The van der Waals surface area contributed by atoms with Crippen LogP contribution in [0, 0.1) is 0 Å². The molecule has 2 heteroatoms. The zero-order chi connectivity index (χ0) is 13.2. The molecule has 2 aromatic rings. The Hall–Kier alpha value is -2.22. The molecule has 19 heavy (non-hydrogen) atoms. The van der Waals surface area contributed by atoms with Crippen molar-refractivity contribution in [1.29, 1.82) is 0 Å². The van der Waals surface area contributed by atoms with Gasteiger partial charge in [-0.1, -0.05) is 60.7 Å². The Labute approximate surface area is 113 Å². The lowest BCUT2D eigenvalue weighted by atomic mass is 10.1. The van der Waals surface area contributed by atoms with E-state index in [1.165, 1.54) is 5.56 Å². The van der Waals surface area contributed by atoms with E-state index in [2.05, 4.69) is 55.3 Å². The Morgan fingerprint density at radius 2 is 1.37 bits per heavy atom. The molecule has 1 aliphatic rings. The minimum atomic E-state index is 0.0606. The highest BCUT2D eigenvalue weighted by Gasteiger charge is 2.29. The van der Waals surface area contributed by atoms with Crippen LogP contribution < -0.4 is 0 Å². The molecule has 0 N–H and O–H groups in total. The fourth-order valence-electron chi connectivity index (χ4n) is 2.37. The molecule has 1 atom stereocenters. The van der Waals surface area contributed by atoms with E-state index >= 15 is 0 Å². The number of hydrogen-bond donors (Lipinski definition) is 0. The van der Waals surface area contributed by atoms with Gasteiger partial charge in [0.1, 0.15) is 0 Å². The lowest BCUT2D eigenvalue weighted by Gasteiger charge is -2.19. The van der Waals surface area contributed by atoms with Crippen molar-refractivity contribution in [3.8, 4) is 0 Å². The summed E-state index contributed by atoms with van der Waals surface area (Å²) >= 11 is 0. The lowest BCUT2D eigenvalue weighted by molar-refractivity contribution is 0.107. The third-order valence-corrected chi connectivity index (χ3v) is 3.48. The summed E-state index contributed by atoms with van der Waals surface area (Å²) in [6.07, 6.45) is 0.0606. The molecule has 1 unspecified atom stereocenters. The molecule has 0 amide bonds. The molecule has 2 aromatic carbocycles. The summed E-state index contributed by atoms with van der Waals surface area (Å²) in [6.45, 7) is 2.07. The largest absolute Gasteiger partial charge is 0.468 e. The minimum Gasteiger partial charge on any atom is -0.468 e. The molecule has 0 aromatic heterocycles. The molecule has 3 rings (SSSR count). The number of benzene rings is 2. The first kappa shape index (κ1) is 11.8. The minimum absolute atomic E-state index is 0.0606. The monoisotopic (exact) mass is 251 g/mol. The van der Waals surface area contributed by atoms with Crippen LogP contribution in [0.1, 0.15) is 18.1 Å². The van der Waals surface area contributed by atoms with Gasteiger partial charge >= 0.3 is 0 Å². The number of hydrogen-bond acceptors (Lipinski definition) is 2. The third-order valence-electron chi connectivity index (χ3n) is 3.48. The molecule has 0 saturated carbocycles. The second kappa shape index (κ2) is 4.81. The van der Waals surface area contributed by atoms with Gasteiger partial charge in [-0.3, -0.25) is 0 Å². The van der Waals surface area contributed by atoms with Crippen LogP contribution in [-0.2, 0) is 4.74 Å². The second-order valence-electron chi connectivity index (χ2n) is 4.74. The maximum atomic E-state index is 6.03. The van der Waals surface area contributed by atoms with Gasteiger partial charge in [0.25, 0.3) is 0 Å². The molecular weight excluding hydrogens is 234 g/mol. The summed E-state index contributed by atoms with van der Waals surface area (Å²) in [4.78, 5) is 2.18. The summed E-state index contributed by atoms with van der Waals surface area (Å²) < 4.78 is 6.03. The summed E-state index contributed by atoms with van der Waals surface area (Å²) in [5, 5.41) is 0. The smallest absolute Gasteiger partial charge is 0.169 e. The normalized spacial score (nSPS) is 18.6. The molecule has 0 bridgehead atoms.